The van der Waals surface area contributed by atoms with Gasteiger partial charge in [0, 0.05) is 66.9 Å². The molecule has 3 amide bonds. The van der Waals surface area contributed by atoms with Gasteiger partial charge in [-0.25, -0.2) is 18.2 Å². The number of rotatable bonds is 8. The lowest BCUT2D eigenvalue weighted by Crippen LogP contribution is -2.57. The van der Waals surface area contributed by atoms with E-state index in [4.69, 9.17) is 5.41 Å². The highest BCUT2D eigenvalue weighted by atomic mass is 32.2. The van der Waals surface area contributed by atoms with Crippen LogP contribution in [0.2, 0.25) is 0 Å². The number of hydrogen-bond acceptors (Lipinski definition) is 13. The topological polar surface area (TPSA) is 235 Å². The zero-order chi connectivity index (χ0) is 33.3. The standard InChI is InChI=1S/C27H32N12O6S2/c1-37-6-5-19-20(14-37)46-25(31-19)26(41)39-8-7-38(13-17(39)11-22(40)29-12-21-33-35-36-34-21)47(43,44)23-10-16-9-15(3-4-18(16)30-23)24(28)32-27(42)45-2/h3-4,9-10,17,30H,5-8,11-14H2,1-2H3,(H,29,40)(H2,28,32,42)(H,33,34,35,36). The van der Waals surface area contributed by atoms with Crippen molar-refractivity contribution in [2.24, 2.45) is 0 Å². The van der Waals surface area contributed by atoms with Crippen molar-refractivity contribution in [1.82, 2.24) is 55.3 Å². The Balaban J connectivity index is 1.23. The fourth-order valence-corrected chi connectivity index (χ4v) is 8.14. The minimum absolute atomic E-state index is 0.00279. The van der Waals surface area contributed by atoms with Crippen molar-refractivity contribution in [3.8, 4) is 0 Å². The van der Waals surface area contributed by atoms with Crippen LogP contribution in [0.25, 0.3) is 10.9 Å². The summed E-state index contributed by atoms with van der Waals surface area (Å²) in [4.78, 5) is 50.7. The molecule has 20 heteroatoms. The Morgan fingerprint density at radius 1 is 1.19 bits per heavy atom. The summed E-state index contributed by atoms with van der Waals surface area (Å²) in [7, 11) is -0.915. The Morgan fingerprint density at radius 3 is 2.79 bits per heavy atom. The molecule has 0 saturated carbocycles. The molecule has 0 radical (unpaired) electrons. The van der Waals surface area contributed by atoms with Gasteiger partial charge in [-0.2, -0.15) is 9.52 Å². The van der Waals surface area contributed by atoms with Gasteiger partial charge in [-0.15, -0.1) is 21.5 Å². The van der Waals surface area contributed by atoms with Crippen LogP contribution in [0, 0.1) is 5.41 Å². The zero-order valence-electron chi connectivity index (χ0n) is 25.4. The van der Waals surface area contributed by atoms with Gasteiger partial charge in [0.1, 0.15) is 10.9 Å². The summed E-state index contributed by atoms with van der Waals surface area (Å²) in [6.07, 6.45) is -0.238. The number of ether oxygens (including phenoxy) is 1. The summed E-state index contributed by atoms with van der Waals surface area (Å²) in [6.45, 7) is 1.46. The maximum absolute atomic E-state index is 13.9. The number of piperazine rings is 1. The van der Waals surface area contributed by atoms with Gasteiger partial charge in [-0.3, -0.25) is 20.3 Å². The highest BCUT2D eigenvalue weighted by Gasteiger charge is 2.39. The average molecular weight is 685 g/mol. The molecular formula is C27H32N12O6S2. The predicted molar refractivity (Wildman–Crippen MR) is 167 cm³/mol. The first-order valence-corrected chi connectivity index (χ1v) is 16.8. The Bertz CT molecular complexity index is 1940. The molecule has 248 valence electrons. The molecule has 5 N–H and O–H groups in total. The number of benzene rings is 1. The van der Waals surface area contributed by atoms with E-state index in [2.05, 4.69) is 50.9 Å². The lowest BCUT2D eigenvalue weighted by Gasteiger charge is -2.40. The summed E-state index contributed by atoms with van der Waals surface area (Å²) in [5, 5.41) is 27.2. The molecule has 1 saturated heterocycles. The molecular weight excluding hydrogens is 653 g/mol. The first-order chi connectivity index (χ1) is 22.5. The number of carbonyl (C=O) groups is 3. The fourth-order valence-electron chi connectivity index (χ4n) is 5.51. The van der Waals surface area contributed by atoms with Crippen LogP contribution in [-0.2, 0) is 39.1 Å². The van der Waals surface area contributed by atoms with Crippen molar-refractivity contribution in [3.63, 3.8) is 0 Å². The number of H-pyrrole nitrogens is 2. The molecule has 3 aromatic heterocycles. The number of tetrazole rings is 1. The van der Waals surface area contributed by atoms with Crippen LogP contribution in [0.3, 0.4) is 0 Å². The summed E-state index contributed by atoms with van der Waals surface area (Å²) >= 11 is 1.33. The van der Waals surface area contributed by atoms with Crippen molar-refractivity contribution in [1.29, 1.82) is 5.41 Å². The normalized spacial score (nSPS) is 17.3. The number of methoxy groups -OCH3 is 1. The average Bonchev–Trinajstić information content (AvgIpc) is 3.83. The van der Waals surface area contributed by atoms with Crippen molar-refractivity contribution in [2.75, 3.05) is 40.3 Å². The summed E-state index contributed by atoms with van der Waals surface area (Å²) in [6, 6.07) is 5.40. The number of thiazole rings is 1. The van der Waals surface area contributed by atoms with Crippen LogP contribution < -0.4 is 10.6 Å². The Labute approximate surface area is 272 Å². The molecule has 4 aromatic rings. The van der Waals surface area contributed by atoms with Crippen molar-refractivity contribution in [3.05, 3.63) is 51.2 Å². The second-order valence-electron chi connectivity index (χ2n) is 11.1. The molecule has 6 rings (SSSR count). The van der Waals surface area contributed by atoms with E-state index in [1.165, 1.54) is 33.7 Å². The second-order valence-corrected chi connectivity index (χ2v) is 14.1. The van der Waals surface area contributed by atoms with Gasteiger partial charge in [0.15, 0.2) is 10.8 Å². The summed E-state index contributed by atoms with van der Waals surface area (Å²) < 4.78 is 33.6. The lowest BCUT2D eigenvalue weighted by molar-refractivity contribution is -0.122. The molecule has 0 aliphatic carbocycles. The molecule has 1 aromatic carbocycles. The lowest BCUT2D eigenvalue weighted by atomic mass is 10.1. The van der Waals surface area contributed by atoms with E-state index in [0.717, 1.165) is 23.5 Å². The van der Waals surface area contributed by atoms with E-state index >= 15 is 0 Å². The van der Waals surface area contributed by atoms with Crippen molar-refractivity contribution >= 4 is 56.0 Å². The molecule has 2 aliphatic rings. The van der Waals surface area contributed by atoms with E-state index in [0.29, 0.717) is 28.0 Å². The van der Waals surface area contributed by atoms with E-state index < -0.39 is 28.1 Å². The van der Waals surface area contributed by atoms with E-state index in [-0.39, 0.29) is 55.2 Å². The van der Waals surface area contributed by atoms with Gasteiger partial charge in [-0.05, 0) is 31.3 Å². The highest BCUT2D eigenvalue weighted by Crippen LogP contribution is 2.29. The number of sulfonamides is 1. The fraction of sp³-hybridized carbons (Fsp3) is 0.407. The van der Waals surface area contributed by atoms with E-state index in [9.17, 15) is 22.8 Å². The maximum Gasteiger partial charge on any atom is 0.412 e. The Morgan fingerprint density at radius 2 is 2.02 bits per heavy atom. The minimum Gasteiger partial charge on any atom is -0.453 e. The van der Waals surface area contributed by atoms with Crippen LogP contribution in [0.1, 0.15) is 38.2 Å². The SMILES string of the molecule is COC(=O)NC(=N)c1ccc2[nH]c(S(=O)(=O)N3CCN(C(=O)c4nc5c(s4)CN(C)CC5)C(CC(=O)NCc4nn[nH]n4)C3)cc2c1. The first-order valence-electron chi connectivity index (χ1n) is 14.6. The number of hydrogen-bond donors (Lipinski definition) is 5. The largest absolute Gasteiger partial charge is 0.453 e. The van der Waals surface area contributed by atoms with Gasteiger partial charge < -0.3 is 24.8 Å². The maximum atomic E-state index is 13.9. The molecule has 1 unspecified atom stereocenters. The van der Waals surface area contributed by atoms with Gasteiger partial charge in [0.2, 0.25) is 5.91 Å². The third kappa shape index (κ3) is 6.84. The molecule has 5 heterocycles. The van der Waals surface area contributed by atoms with E-state index in [1.54, 1.807) is 18.2 Å². The number of likely N-dealkylation sites (N-methyl/N-ethyl adjacent to an activating group) is 1. The van der Waals surface area contributed by atoms with E-state index in [1.807, 2.05) is 7.05 Å². The van der Waals surface area contributed by atoms with Crippen LogP contribution in [-0.4, -0.2) is 123 Å². The number of aromatic amines is 2. The third-order valence-electron chi connectivity index (χ3n) is 7.98. The first kappa shape index (κ1) is 32.2. The van der Waals surface area contributed by atoms with Crippen LogP contribution in [0.4, 0.5) is 4.79 Å². The van der Waals surface area contributed by atoms with Gasteiger partial charge in [-0.1, -0.05) is 5.21 Å². The van der Waals surface area contributed by atoms with Crippen LogP contribution >= 0.6 is 11.3 Å². The van der Waals surface area contributed by atoms with Gasteiger partial charge >= 0.3 is 6.09 Å². The molecule has 0 bridgehead atoms. The van der Waals surface area contributed by atoms with Crippen LogP contribution in [0.5, 0.6) is 0 Å². The monoisotopic (exact) mass is 684 g/mol. The quantitative estimate of drug-likeness (QED) is 0.123. The third-order valence-corrected chi connectivity index (χ3v) is 10.8. The number of aromatic nitrogens is 6. The smallest absolute Gasteiger partial charge is 0.412 e. The number of alkyl carbamates (subject to hydrolysis) is 1. The summed E-state index contributed by atoms with van der Waals surface area (Å²) in [5.74, 6) is -0.700. The Kier molecular flexibility index (Phi) is 8.99. The van der Waals surface area contributed by atoms with Crippen LogP contribution in [0.15, 0.2) is 29.3 Å². The molecule has 1 fully saturated rings. The second kappa shape index (κ2) is 13.1. The number of fused-ring (bicyclic) bond motifs is 2. The zero-order valence-corrected chi connectivity index (χ0v) is 27.1. The minimum atomic E-state index is -4.10. The summed E-state index contributed by atoms with van der Waals surface area (Å²) in [5.41, 5.74) is 1.74. The number of amidine groups is 1. The number of nitrogens with one attached hydrogen (secondary N) is 5. The predicted octanol–water partition coefficient (Wildman–Crippen LogP) is 0.0286. The molecule has 0 spiro atoms. The molecule has 2 aliphatic heterocycles. The number of amides is 3. The number of nitrogens with zero attached hydrogens (tertiary/aromatic N) is 7. The van der Waals surface area contributed by atoms with Crippen molar-refractivity contribution < 1.29 is 27.5 Å². The molecule has 1 atom stereocenters. The van der Waals surface area contributed by atoms with Crippen molar-refractivity contribution in [2.45, 2.75) is 37.0 Å². The van der Waals surface area contributed by atoms with Gasteiger partial charge in [0.05, 0.1) is 25.4 Å². The molecule has 18 nitrogen and oxygen atoms in total. The van der Waals surface area contributed by atoms with Gasteiger partial charge in [0.25, 0.3) is 15.9 Å². The Hall–Kier alpha value is -4.79. The molecule has 47 heavy (non-hydrogen) atoms. The highest BCUT2D eigenvalue weighted by molar-refractivity contribution is 7.89. The number of carbonyl (C=O) groups excluding carboxylic acids is 3.